The van der Waals surface area contributed by atoms with Gasteiger partial charge in [0.1, 0.15) is 0 Å². The summed E-state index contributed by atoms with van der Waals surface area (Å²) in [7, 11) is 0. The molecule has 4 nitrogen and oxygen atoms in total. The van der Waals surface area contributed by atoms with Crippen LogP contribution in [0.4, 0.5) is 5.69 Å². The SMILES string of the molecule is O=C(NCC1CCCN(c2ccncc2)C1)c1ccsc1. The molecule has 110 valence electrons. The fraction of sp³-hybridized carbons (Fsp3) is 0.375. The van der Waals surface area contributed by atoms with Gasteiger partial charge in [-0.1, -0.05) is 0 Å². The molecular formula is C16H19N3OS. The molecule has 1 N–H and O–H groups in total. The van der Waals surface area contributed by atoms with E-state index in [1.165, 1.54) is 18.5 Å². The number of thiophene rings is 1. The summed E-state index contributed by atoms with van der Waals surface area (Å²) in [6, 6.07) is 5.96. The molecule has 1 fully saturated rings. The molecule has 2 aromatic rings. The highest BCUT2D eigenvalue weighted by Crippen LogP contribution is 2.22. The lowest BCUT2D eigenvalue weighted by atomic mass is 9.97. The Balaban J connectivity index is 1.53. The van der Waals surface area contributed by atoms with Crippen LogP contribution in [0.5, 0.6) is 0 Å². The number of pyridine rings is 1. The molecule has 2 aromatic heterocycles. The van der Waals surface area contributed by atoms with E-state index in [2.05, 4.69) is 15.2 Å². The number of piperidine rings is 1. The number of amides is 1. The normalized spacial score (nSPS) is 18.5. The molecule has 0 spiro atoms. The summed E-state index contributed by atoms with van der Waals surface area (Å²) in [4.78, 5) is 18.4. The van der Waals surface area contributed by atoms with Gasteiger partial charge in [0, 0.05) is 48.7 Å². The van der Waals surface area contributed by atoms with E-state index in [4.69, 9.17) is 0 Å². The molecule has 0 aliphatic carbocycles. The first-order valence-electron chi connectivity index (χ1n) is 7.28. The van der Waals surface area contributed by atoms with Crippen LogP contribution >= 0.6 is 11.3 Å². The number of anilines is 1. The van der Waals surface area contributed by atoms with Crippen molar-refractivity contribution in [1.29, 1.82) is 0 Å². The van der Waals surface area contributed by atoms with Crippen LogP contribution in [0.25, 0.3) is 0 Å². The first-order valence-corrected chi connectivity index (χ1v) is 8.22. The molecule has 0 aromatic carbocycles. The maximum atomic E-state index is 12.0. The number of nitrogens with one attached hydrogen (secondary N) is 1. The van der Waals surface area contributed by atoms with Crippen LogP contribution in [-0.2, 0) is 0 Å². The minimum atomic E-state index is 0.0392. The summed E-state index contributed by atoms with van der Waals surface area (Å²) in [5, 5.41) is 6.88. The highest BCUT2D eigenvalue weighted by atomic mass is 32.1. The van der Waals surface area contributed by atoms with Crippen LogP contribution in [0.3, 0.4) is 0 Å². The zero-order valence-electron chi connectivity index (χ0n) is 11.9. The summed E-state index contributed by atoms with van der Waals surface area (Å²) in [6.07, 6.45) is 6.00. The van der Waals surface area contributed by atoms with E-state index in [0.717, 1.165) is 25.2 Å². The highest BCUT2D eigenvalue weighted by molar-refractivity contribution is 7.08. The number of rotatable bonds is 4. The minimum absolute atomic E-state index is 0.0392. The summed E-state index contributed by atoms with van der Waals surface area (Å²) in [5.74, 6) is 0.548. The molecule has 0 saturated carbocycles. The second-order valence-electron chi connectivity index (χ2n) is 5.38. The Morgan fingerprint density at radius 3 is 3.00 bits per heavy atom. The van der Waals surface area contributed by atoms with E-state index < -0.39 is 0 Å². The van der Waals surface area contributed by atoms with Crippen molar-refractivity contribution in [3.05, 3.63) is 46.9 Å². The van der Waals surface area contributed by atoms with E-state index in [-0.39, 0.29) is 5.91 Å². The van der Waals surface area contributed by atoms with Gasteiger partial charge in [-0.25, -0.2) is 0 Å². The van der Waals surface area contributed by atoms with Crippen LogP contribution in [0.15, 0.2) is 41.4 Å². The van der Waals surface area contributed by atoms with Crippen molar-refractivity contribution in [2.24, 2.45) is 5.92 Å². The molecule has 1 unspecified atom stereocenters. The van der Waals surface area contributed by atoms with Gasteiger partial charge in [-0.05, 0) is 42.3 Å². The Hall–Kier alpha value is -1.88. The molecule has 0 bridgehead atoms. The molecule has 1 saturated heterocycles. The summed E-state index contributed by atoms with van der Waals surface area (Å²) < 4.78 is 0. The number of hydrogen-bond donors (Lipinski definition) is 1. The minimum Gasteiger partial charge on any atom is -0.371 e. The summed E-state index contributed by atoms with van der Waals surface area (Å²) in [6.45, 7) is 2.82. The molecule has 1 aliphatic heterocycles. The average molecular weight is 301 g/mol. The number of carbonyl (C=O) groups excluding carboxylic acids is 1. The first-order chi connectivity index (χ1) is 10.3. The van der Waals surface area contributed by atoms with Gasteiger partial charge in [-0.2, -0.15) is 11.3 Å². The monoisotopic (exact) mass is 301 g/mol. The van der Waals surface area contributed by atoms with Gasteiger partial charge >= 0.3 is 0 Å². The van der Waals surface area contributed by atoms with E-state index in [0.29, 0.717) is 5.92 Å². The molecule has 3 heterocycles. The summed E-state index contributed by atoms with van der Waals surface area (Å²) in [5.41, 5.74) is 1.99. The number of nitrogens with zero attached hydrogens (tertiary/aromatic N) is 2. The second-order valence-corrected chi connectivity index (χ2v) is 6.16. The van der Waals surface area contributed by atoms with Gasteiger partial charge in [0.15, 0.2) is 0 Å². The van der Waals surface area contributed by atoms with Gasteiger partial charge < -0.3 is 10.2 Å². The van der Waals surface area contributed by atoms with E-state index in [1.54, 1.807) is 11.3 Å². The predicted octanol–water partition coefficient (Wildman–Crippen LogP) is 2.79. The van der Waals surface area contributed by atoms with Crippen molar-refractivity contribution in [2.45, 2.75) is 12.8 Å². The van der Waals surface area contributed by atoms with Crippen molar-refractivity contribution < 1.29 is 4.79 Å². The molecular weight excluding hydrogens is 282 g/mol. The Bertz CT molecular complexity index is 570. The van der Waals surface area contributed by atoms with Crippen molar-refractivity contribution in [2.75, 3.05) is 24.5 Å². The van der Waals surface area contributed by atoms with Gasteiger partial charge in [0.05, 0.1) is 0 Å². The molecule has 1 aliphatic rings. The lowest BCUT2D eigenvalue weighted by Gasteiger charge is -2.34. The van der Waals surface area contributed by atoms with E-state index >= 15 is 0 Å². The van der Waals surface area contributed by atoms with Gasteiger partial charge in [0.25, 0.3) is 5.91 Å². The van der Waals surface area contributed by atoms with Crippen LogP contribution < -0.4 is 10.2 Å². The smallest absolute Gasteiger partial charge is 0.252 e. The van der Waals surface area contributed by atoms with Crippen molar-refractivity contribution in [3.8, 4) is 0 Å². The fourth-order valence-electron chi connectivity index (χ4n) is 2.75. The van der Waals surface area contributed by atoms with Gasteiger partial charge in [0.2, 0.25) is 0 Å². The molecule has 21 heavy (non-hydrogen) atoms. The largest absolute Gasteiger partial charge is 0.371 e. The molecule has 0 radical (unpaired) electrons. The maximum Gasteiger partial charge on any atom is 0.252 e. The zero-order chi connectivity index (χ0) is 14.5. The lowest BCUT2D eigenvalue weighted by Crippen LogP contribution is -2.41. The van der Waals surface area contributed by atoms with Gasteiger partial charge in [-0.3, -0.25) is 9.78 Å². The fourth-order valence-corrected chi connectivity index (χ4v) is 3.39. The van der Waals surface area contributed by atoms with Crippen molar-refractivity contribution in [1.82, 2.24) is 10.3 Å². The predicted molar refractivity (Wildman–Crippen MR) is 85.8 cm³/mol. The van der Waals surface area contributed by atoms with Crippen LogP contribution in [0.1, 0.15) is 23.2 Å². The van der Waals surface area contributed by atoms with E-state index in [9.17, 15) is 4.79 Å². The Labute approximate surface area is 128 Å². The van der Waals surface area contributed by atoms with Crippen molar-refractivity contribution >= 4 is 22.9 Å². The summed E-state index contributed by atoms with van der Waals surface area (Å²) >= 11 is 1.55. The Morgan fingerprint density at radius 1 is 1.38 bits per heavy atom. The van der Waals surface area contributed by atoms with E-state index in [1.807, 2.05) is 41.4 Å². The third kappa shape index (κ3) is 3.61. The Kier molecular flexibility index (Phi) is 4.50. The van der Waals surface area contributed by atoms with Gasteiger partial charge in [-0.15, -0.1) is 0 Å². The molecule has 1 atom stereocenters. The van der Waals surface area contributed by atoms with Crippen LogP contribution in [0.2, 0.25) is 0 Å². The number of aromatic nitrogens is 1. The average Bonchev–Trinajstić information content (AvgIpc) is 3.08. The molecule has 1 amide bonds. The van der Waals surface area contributed by atoms with Crippen LogP contribution in [-0.4, -0.2) is 30.5 Å². The highest BCUT2D eigenvalue weighted by Gasteiger charge is 2.20. The maximum absolute atomic E-state index is 12.0. The topological polar surface area (TPSA) is 45.2 Å². The quantitative estimate of drug-likeness (QED) is 0.944. The zero-order valence-corrected chi connectivity index (χ0v) is 12.7. The second kappa shape index (κ2) is 6.72. The molecule has 3 rings (SSSR count). The Morgan fingerprint density at radius 2 is 2.24 bits per heavy atom. The third-order valence-electron chi connectivity index (χ3n) is 3.88. The standard InChI is InChI=1S/C16H19N3OS/c20-16(14-5-9-21-12-14)18-10-13-2-1-8-19(11-13)15-3-6-17-7-4-15/h3-7,9,12-13H,1-2,8,10-11H2,(H,18,20). The number of carbonyl (C=O) groups is 1. The van der Waals surface area contributed by atoms with Crippen molar-refractivity contribution in [3.63, 3.8) is 0 Å². The molecule has 5 heteroatoms. The number of hydrogen-bond acceptors (Lipinski definition) is 4. The van der Waals surface area contributed by atoms with Crippen LogP contribution in [0, 0.1) is 5.92 Å². The lowest BCUT2D eigenvalue weighted by molar-refractivity contribution is 0.0946. The first kappa shape index (κ1) is 14.1. The third-order valence-corrected chi connectivity index (χ3v) is 4.56.